The maximum absolute atomic E-state index is 12.4. The van der Waals surface area contributed by atoms with E-state index in [1.165, 1.54) is 0 Å². The second kappa shape index (κ2) is 6.06. The van der Waals surface area contributed by atoms with E-state index in [1.807, 2.05) is 0 Å². The first-order chi connectivity index (χ1) is 9.13. The Morgan fingerprint density at radius 1 is 1.37 bits per heavy atom. The van der Waals surface area contributed by atoms with Crippen LogP contribution in [0.15, 0.2) is 24.3 Å². The summed E-state index contributed by atoms with van der Waals surface area (Å²) in [4.78, 5) is 25.5. The van der Waals surface area contributed by atoms with Gasteiger partial charge in [0.15, 0.2) is 0 Å². The minimum Gasteiger partial charge on any atom is -0.465 e. The lowest BCUT2D eigenvalue weighted by Crippen LogP contribution is -2.38. The molecule has 0 heterocycles. The SMILES string of the molecule is CCOC(=O)CN(C(=O)c1ccccc1Cl)C1CC1. The molecule has 19 heavy (non-hydrogen) atoms. The van der Waals surface area contributed by atoms with Crippen molar-refractivity contribution >= 4 is 23.5 Å². The smallest absolute Gasteiger partial charge is 0.325 e. The molecule has 0 atom stereocenters. The van der Waals surface area contributed by atoms with Crippen LogP contribution < -0.4 is 0 Å². The van der Waals surface area contributed by atoms with Gasteiger partial charge in [-0.25, -0.2) is 0 Å². The molecule has 0 N–H and O–H groups in total. The molecule has 0 aromatic heterocycles. The van der Waals surface area contributed by atoms with Crippen LogP contribution in [0.3, 0.4) is 0 Å². The van der Waals surface area contributed by atoms with Gasteiger partial charge in [0.25, 0.3) is 5.91 Å². The molecule has 1 aromatic carbocycles. The van der Waals surface area contributed by atoms with E-state index in [0.29, 0.717) is 17.2 Å². The fourth-order valence-corrected chi connectivity index (χ4v) is 2.10. The number of carbonyl (C=O) groups excluding carboxylic acids is 2. The van der Waals surface area contributed by atoms with E-state index >= 15 is 0 Å². The van der Waals surface area contributed by atoms with Crippen molar-refractivity contribution in [3.8, 4) is 0 Å². The number of hydrogen-bond acceptors (Lipinski definition) is 3. The average molecular weight is 282 g/mol. The fraction of sp³-hybridized carbons (Fsp3) is 0.429. The lowest BCUT2D eigenvalue weighted by molar-refractivity contribution is -0.144. The van der Waals surface area contributed by atoms with Gasteiger partial charge in [-0.2, -0.15) is 0 Å². The molecule has 0 unspecified atom stereocenters. The molecule has 1 aliphatic rings. The second-order valence-electron chi connectivity index (χ2n) is 4.45. The van der Waals surface area contributed by atoms with Crippen molar-refractivity contribution in [1.29, 1.82) is 0 Å². The summed E-state index contributed by atoms with van der Waals surface area (Å²) in [6.45, 7) is 2.05. The standard InChI is InChI=1S/C14H16ClNO3/c1-2-19-13(17)9-16(10-7-8-10)14(18)11-5-3-4-6-12(11)15/h3-6,10H,2,7-9H2,1H3. The monoisotopic (exact) mass is 281 g/mol. The summed E-state index contributed by atoms with van der Waals surface area (Å²) in [6, 6.07) is 7.00. The van der Waals surface area contributed by atoms with Crippen LogP contribution in [0.2, 0.25) is 5.02 Å². The number of carbonyl (C=O) groups is 2. The summed E-state index contributed by atoms with van der Waals surface area (Å²) < 4.78 is 4.90. The molecule has 0 aliphatic heterocycles. The van der Waals surface area contributed by atoms with Gasteiger partial charge in [0.05, 0.1) is 17.2 Å². The Morgan fingerprint density at radius 2 is 2.05 bits per heavy atom. The van der Waals surface area contributed by atoms with Crippen molar-refractivity contribution in [3.63, 3.8) is 0 Å². The largest absolute Gasteiger partial charge is 0.465 e. The van der Waals surface area contributed by atoms with Gasteiger partial charge >= 0.3 is 5.97 Å². The number of benzene rings is 1. The molecule has 5 heteroatoms. The maximum atomic E-state index is 12.4. The number of esters is 1. The molecule has 1 fully saturated rings. The third kappa shape index (κ3) is 3.47. The van der Waals surface area contributed by atoms with Gasteiger partial charge in [-0.05, 0) is 31.9 Å². The summed E-state index contributed by atoms with van der Waals surface area (Å²) in [7, 11) is 0. The Labute approximate surface area is 117 Å². The predicted molar refractivity (Wildman–Crippen MR) is 72.1 cm³/mol. The Bertz CT molecular complexity index is 485. The van der Waals surface area contributed by atoms with Crippen molar-refractivity contribution < 1.29 is 14.3 Å². The molecule has 0 radical (unpaired) electrons. The number of ether oxygens (including phenoxy) is 1. The summed E-state index contributed by atoms with van der Waals surface area (Å²) >= 11 is 6.02. The summed E-state index contributed by atoms with van der Waals surface area (Å²) in [5.41, 5.74) is 0.431. The van der Waals surface area contributed by atoms with Crippen LogP contribution in [-0.2, 0) is 9.53 Å². The van der Waals surface area contributed by atoms with Gasteiger partial charge in [-0.3, -0.25) is 9.59 Å². The highest BCUT2D eigenvalue weighted by Crippen LogP contribution is 2.29. The molecular weight excluding hydrogens is 266 g/mol. The zero-order valence-electron chi connectivity index (χ0n) is 10.8. The van der Waals surface area contributed by atoms with Crippen molar-refractivity contribution in [2.45, 2.75) is 25.8 Å². The minimum atomic E-state index is -0.380. The Morgan fingerprint density at radius 3 is 2.63 bits per heavy atom. The molecule has 0 saturated heterocycles. The van der Waals surface area contributed by atoms with Crippen molar-refractivity contribution in [1.82, 2.24) is 4.90 Å². The second-order valence-corrected chi connectivity index (χ2v) is 4.86. The van der Waals surface area contributed by atoms with Gasteiger partial charge in [0, 0.05) is 6.04 Å². The van der Waals surface area contributed by atoms with Crippen LogP contribution in [0, 0.1) is 0 Å². The van der Waals surface area contributed by atoms with E-state index in [-0.39, 0.29) is 24.5 Å². The first kappa shape index (κ1) is 13.9. The summed E-state index contributed by atoms with van der Waals surface area (Å²) in [6.07, 6.45) is 1.85. The van der Waals surface area contributed by atoms with Gasteiger partial charge in [-0.15, -0.1) is 0 Å². The highest BCUT2D eigenvalue weighted by molar-refractivity contribution is 6.33. The number of hydrogen-bond donors (Lipinski definition) is 0. The van der Waals surface area contributed by atoms with E-state index in [2.05, 4.69) is 0 Å². The Balaban J connectivity index is 2.13. The van der Waals surface area contributed by atoms with Crippen molar-refractivity contribution in [3.05, 3.63) is 34.9 Å². The van der Waals surface area contributed by atoms with Crippen molar-refractivity contribution in [2.75, 3.05) is 13.2 Å². The predicted octanol–water partition coefficient (Wildman–Crippen LogP) is 2.51. The average Bonchev–Trinajstić information content (AvgIpc) is 3.20. The van der Waals surface area contributed by atoms with E-state index in [4.69, 9.17) is 16.3 Å². The highest BCUT2D eigenvalue weighted by atomic mass is 35.5. The molecule has 1 amide bonds. The van der Waals surface area contributed by atoms with E-state index in [9.17, 15) is 9.59 Å². The molecule has 1 aromatic rings. The van der Waals surface area contributed by atoms with Gasteiger partial charge in [0.1, 0.15) is 6.54 Å². The van der Waals surface area contributed by atoms with E-state index < -0.39 is 0 Å². The summed E-state index contributed by atoms with van der Waals surface area (Å²) in [5.74, 6) is -0.587. The summed E-state index contributed by atoms with van der Waals surface area (Å²) in [5, 5.41) is 0.405. The zero-order chi connectivity index (χ0) is 13.8. The fourth-order valence-electron chi connectivity index (χ4n) is 1.89. The van der Waals surface area contributed by atoms with Crippen LogP contribution >= 0.6 is 11.6 Å². The third-order valence-electron chi connectivity index (χ3n) is 2.96. The van der Waals surface area contributed by atoms with Gasteiger partial charge in [0.2, 0.25) is 0 Å². The molecule has 4 nitrogen and oxygen atoms in total. The molecule has 0 spiro atoms. The maximum Gasteiger partial charge on any atom is 0.325 e. The van der Waals surface area contributed by atoms with E-state index in [0.717, 1.165) is 12.8 Å². The minimum absolute atomic E-state index is 0.0113. The molecule has 0 bridgehead atoms. The number of amides is 1. The molecule has 1 saturated carbocycles. The van der Waals surface area contributed by atoms with Crippen LogP contribution in [0.4, 0.5) is 0 Å². The highest BCUT2D eigenvalue weighted by Gasteiger charge is 2.35. The Kier molecular flexibility index (Phi) is 4.43. The van der Waals surface area contributed by atoms with E-state index in [1.54, 1.807) is 36.1 Å². The lowest BCUT2D eigenvalue weighted by Gasteiger charge is -2.21. The lowest BCUT2D eigenvalue weighted by atomic mass is 10.2. The zero-order valence-corrected chi connectivity index (χ0v) is 11.5. The quantitative estimate of drug-likeness (QED) is 0.779. The molecular formula is C14H16ClNO3. The normalized spacial score (nSPS) is 14.0. The molecule has 102 valence electrons. The molecule has 2 rings (SSSR count). The van der Waals surface area contributed by atoms with Crippen molar-refractivity contribution in [2.24, 2.45) is 0 Å². The van der Waals surface area contributed by atoms with Gasteiger partial charge < -0.3 is 9.64 Å². The van der Waals surface area contributed by atoms with Crippen LogP contribution in [0.25, 0.3) is 0 Å². The first-order valence-corrected chi connectivity index (χ1v) is 6.72. The first-order valence-electron chi connectivity index (χ1n) is 6.34. The van der Waals surface area contributed by atoms with Crippen LogP contribution in [0.1, 0.15) is 30.1 Å². The van der Waals surface area contributed by atoms with Crippen LogP contribution in [-0.4, -0.2) is 36.0 Å². The Hall–Kier alpha value is -1.55. The van der Waals surface area contributed by atoms with Gasteiger partial charge in [-0.1, -0.05) is 23.7 Å². The number of halogens is 1. The number of rotatable bonds is 5. The third-order valence-corrected chi connectivity index (χ3v) is 3.29. The number of nitrogens with zero attached hydrogens (tertiary/aromatic N) is 1. The molecule has 1 aliphatic carbocycles. The topological polar surface area (TPSA) is 46.6 Å². The van der Waals surface area contributed by atoms with Crippen LogP contribution in [0.5, 0.6) is 0 Å².